The van der Waals surface area contributed by atoms with Crippen LogP contribution in [-0.4, -0.2) is 20.8 Å². The van der Waals surface area contributed by atoms with Crippen molar-refractivity contribution in [3.05, 3.63) is 51.8 Å². The van der Waals surface area contributed by atoms with Crippen LogP contribution in [0, 0.1) is 0 Å². The SMILES string of the molecule is CSc1nc(=O)n(Cc2ccncc2)c2c1CCCC2. The molecule has 5 heteroatoms. The Kier molecular flexibility index (Phi) is 3.87. The molecule has 1 aliphatic carbocycles. The van der Waals surface area contributed by atoms with Crippen molar-refractivity contribution < 1.29 is 0 Å². The molecule has 20 heavy (non-hydrogen) atoms. The Morgan fingerprint density at radius 2 is 2.00 bits per heavy atom. The van der Waals surface area contributed by atoms with E-state index in [-0.39, 0.29) is 5.69 Å². The third-order valence-corrected chi connectivity index (χ3v) is 4.46. The van der Waals surface area contributed by atoms with E-state index in [4.69, 9.17) is 0 Å². The van der Waals surface area contributed by atoms with Crippen molar-refractivity contribution in [1.29, 1.82) is 0 Å². The maximum absolute atomic E-state index is 12.3. The molecule has 0 spiro atoms. The van der Waals surface area contributed by atoms with Crippen molar-refractivity contribution in [1.82, 2.24) is 14.5 Å². The van der Waals surface area contributed by atoms with Crippen LogP contribution in [0.1, 0.15) is 29.7 Å². The van der Waals surface area contributed by atoms with E-state index in [1.165, 1.54) is 17.7 Å². The molecule has 0 saturated heterocycles. The third kappa shape index (κ3) is 2.50. The normalized spacial score (nSPS) is 14.1. The summed E-state index contributed by atoms with van der Waals surface area (Å²) in [4.78, 5) is 20.6. The van der Waals surface area contributed by atoms with Crippen molar-refractivity contribution in [3.8, 4) is 0 Å². The van der Waals surface area contributed by atoms with Gasteiger partial charge >= 0.3 is 5.69 Å². The second kappa shape index (κ2) is 5.79. The Morgan fingerprint density at radius 3 is 2.75 bits per heavy atom. The molecule has 4 nitrogen and oxygen atoms in total. The molecular weight excluding hydrogens is 270 g/mol. The van der Waals surface area contributed by atoms with Gasteiger partial charge < -0.3 is 0 Å². The van der Waals surface area contributed by atoms with E-state index in [1.807, 2.05) is 23.0 Å². The average Bonchev–Trinajstić information content (AvgIpc) is 2.51. The predicted octanol–water partition coefficient (Wildman–Crippen LogP) is 2.29. The number of rotatable bonds is 3. The van der Waals surface area contributed by atoms with Crippen LogP contribution >= 0.6 is 11.8 Å². The van der Waals surface area contributed by atoms with E-state index in [0.29, 0.717) is 6.54 Å². The molecule has 0 amide bonds. The lowest BCUT2D eigenvalue weighted by Gasteiger charge is -2.22. The lowest BCUT2D eigenvalue weighted by Crippen LogP contribution is -2.30. The second-order valence-electron chi connectivity index (χ2n) is 4.98. The molecule has 0 saturated carbocycles. The highest BCUT2D eigenvalue weighted by Gasteiger charge is 2.19. The molecule has 0 aliphatic heterocycles. The highest BCUT2D eigenvalue weighted by Crippen LogP contribution is 2.27. The minimum Gasteiger partial charge on any atom is -0.292 e. The molecule has 2 aromatic rings. The number of hydrogen-bond donors (Lipinski definition) is 0. The minimum absolute atomic E-state index is 0.133. The Morgan fingerprint density at radius 1 is 1.25 bits per heavy atom. The van der Waals surface area contributed by atoms with Crippen LogP contribution in [0.3, 0.4) is 0 Å². The first-order valence-electron chi connectivity index (χ1n) is 6.85. The highest BCUT2D eigenvalue weighted by atomic mass is 32.2. The Bertz CT molecular complexity index is 667. The highest BCUT2D eigenvalue weighted by molar-refractivity contribution is 7.98. The van der Waals surface area contributed by atoms with Crippen molar-refractivity contribution in [2.75, 3.05) is 6.26 Å². The first kappa shape index (κ1) is 13.4. The number of hydrogen-bond acceptors (Lipinski definition) is 4. The molecule has 0 unspecified atom stereocenters. The summed E-state index contributed by atoms with van der Waals surface area (Å²) < 4.78 is 1.84. The van der Waals surface area contributed by atoms with Crippen LogP contribution in [0.15, 0.2) is 34.3 Å². The zero-order valence-corrected chi connectivity index (χ0v) is 12.3. The van der Waals surface area contributed by atoms with E-state index < -0.39 is 0 Å². The van der Waals surface area contributed by atoms with Crippen molar-refractivity contribution in [3.63, 3.8) is 0 Å². The van der Waals surface area contributed by atoms with Crippen LogP contribution in [0.5, 0.6) is 0 Å². The Labute approximate surface area is 122 Å². The molecule has 3 rings (SSSR count). The molecule has 2 aromatic heterocycles. The molecule has 0 radical (unpaired) electrons. The van der Waals surface area contributed by atoms with Gasteiger partial charge in [0.25, 0.3) is 0 Å². The molecule has 104 valence electrons. The molecule has 2 heterocycles. The summed E-state index contributed by atoms with van der Waals surface area (Å²) in [5.41, 5.74) is 3.41. The van der Waals surface area contributed by atoms with Gasteiger partial charge in [-0.05, 0) is 49.6 Å². The number of nitrogens with zero attached hydrogens (tertiary/aromatic N) is 3. The first-order chi connectivity index (χ1) is 9.79. The molecule has 0 bridgehead atoms. The molecule has 0 N–H and O–H groups in total. The van der Waals surface area contributed by atoms with E-state index in [1.54, 1.807) is 24.2 Å². The number of aromatic nitrogens is 3. The summed E-state index contributed by atoms with van der Waals surface area (Å²) in [6.07, 6.45) is 9.87. The average molecular weight is 287 g/mol. The lowest BCUT2D eigenvalue weighted by atomic mass is 9.97. The van der Waals surface area contributed by atoms with Gasteiger partial charge in [-0.15, -0.1) is 11.8 Å². The van der Waals surface area contributed by atoms with E-state index in [9.17, 15) is 4.79 Å². The molecule has 0 atom stereocenters. The van der Waals surface area contributed by atoms with Gasteiger partial charge in [-0.25, -0.2) is 4.79 Å². The lowest BCUT2D eigenvalue weighted by molar-refractivity contribution is 0.569. The Balaban J connectivity index is 2.08. The largest absolute Gasteiger partial charge is 0.349 e. The fourth-order valence-electron chi connectivity index (χ4n) is 2.75. The van der Waals surface area contributed by atoms with Gasteiger partial charge in [-0.1, -0.05) is 0 Å². The summed E-state index contributed by atoms with van der Waals surface area (Å²) in [6.45, 7) is 0.589. The fraction of sp³-hybridized carbons (Fsp3) is 0.400. The van der Waals surface area contributed by atoms with E-state index in [0.717, 1.165) is 29.9 Å². The maximum Gasteiger partial charge on any atom is 0.349 e. The molecule has 0 aromatic carbocycles. The third-order valence-electron chi connectivity index (χ3n) is 3.73. The van der Waals surface area contributed by atoms with E-state index >= 15 is 0 Å². The van der Waals surface area contributed by atoms with Crippen LogP contribution < -0.4 is 5.69 Å². The van der Waals surface area contributed by atoms with Crippen molar-refractivity contribution >= 4 is 11.8 Å². The van der Waals surface area contributed by atoms with Crippen molar-refractivity contribution in [2.45, 2.75) is 37.3 Å². The summed E-state index contributed by atoms with van der Waals surface area (Å²) in [6, 6.07) is 3.90. The second-order valence-corrected chi connectivity index (χ2v) is 5.77. The summed E-state index contributed by atoms with van der Waals surface area (Å²) in [5, 5.41) is 0.913. The van der Waals surface area contributed by atoms with Crippen LogP contribution in [-0.2, 0) is 19.4 Å². The predicted molar refractivity (Wildman–Crippen MR) is 80.3 cm³/mol. The monoisotopic (exact) mass is 287 g/mol. The standard InChI is InChI=1S/C15H17N3OS/c1-20-14-12-4-2-3-5-13(12)18(15(19)17-14)10-11-6-8-16-9-7-11/h6-9H,2-5,10H2,1H3. The first-order valence-corrected chi connectivity index (χ1v) is 8.07. The van der Waals surface area contributed by atoms with Gasteiger partial charge in [0, 0.05) is 23.7 Å². The van der Waals surface area contributed by atoms with Crippen LogP contribution in [0.25, 0.3) is 0 Å². The van der Waals surface area contributed by atoms with Gasteiger partial charge in [-0.3, -0.25) is 9.55 Å². The van der Waals surface area contributed by atoms with Gasteiger partial charge in [0.2, 0.25) is 0 Å². The summed E-state index contributed by atoms with van der Waals surface area (Å²) >= 11 is 1.58. The summed E-state index contributed by atoms with van der Waals surface area (Å²) in [7, 11) is 0. The maximum atomic E-state index is 12.3. The fourth-order valence-corrected chi connectivity index (χ4v) is 3.39. The number of fused-ring (bicyclic) bond motifs is 1. The Hall–Kier alpha value is -1.62. The van der Waals surface area contributed by atoms with Gasteiger partial charge in [0.1, 0.15) is 5.03 Å². The number of thioether (sulfide) groups is 1. The topological polar surface area (TPSA) is 47.8 Å². The minimum atomic E-state index is -0.133. The summed E-state index contributed by atoms with van der Waals surface area (Å²) in [5.74, 6) is 0. The zero-order chi connectivity index (χ0) is 13.9. The van der Waals surface area contributed by atoms with Crippen LogP contribution in [0.2, 0.25) is 0 Å². The smallest absolute Gasteiger partial charge is 0.292 e. The van der Waals surface area contributed by atoms with Crippen LogP contribution in [0.4, 0.5) is 0 Å². The van der Waals surface area contributed by atoms with Crippen molar-refractivity contribution in [2.24, 2.45) is 0 Å². The zero-order valence-electron chi connectivity index (χ0n) is 11.5. The van der Waals surface area contributed by atoms with Gasteiger partial charge in [0.15, 0.2) is 0 Å². The van der Waals surface area contributed by atoms with Gasteiger partial charge in [-0.2, -0.15) is 4.98 Å². The molecule has 0 fully saturated rings. The van der Waals surface area contributed by atoms with E-state index in [2.05, 4.69) is 9.97 Å². The number of pyridine rings is 1. The quantitative estimate of drug-likeness (QED) is 0.642. The molecule has 1 aliphatic rings. The van der Waals surface area contributed by atoms with Gasteiger partial charge in [0.05, 0.1) is 6.54 Å². The molecular formula is C15H17N3OS.